The van der Waals surface area contributed by atoms with Crippen LogP contribution in [-0.4, -0.2) is 39.0 Å². The van der Waals surface area contributed by atoms with Crippen LogP contribution in [0.4, 0.5) is 0 Å². The molecule has 0 bridgehead atoms. The molecule has 1 atom stereocenters. The molecule has 0 aromatic heterocycles. The molecule has 7 nitrogen and oxygen atoms in total. The molecular formula is C18H18NO6S-. The number of fused-ring (bicyclic) bond motifs is 1. The number of carboxylic acid groups (broad SMARTS) is 1. The first-order chi connectivity index (χ1) is 12.4. The van der Waals surface area contributed by atoms with Crippen LogP contribution in [0.2, 0.25) is 0 Å². The number of benzene rings is 2. The molecule has 0 fully saturated rings. The van der Waals surface area contributed by atoms with E-state index < -0.39 is 22.0 Å². The minimum atomic E-state index is -4.08. The number of nitrogens with zero attached hydrogens (tertiary/aromatic N) is 1. The number of aliphatic carboxylic acids is 1. The SMILES string of the molecule is COc1ccc(S(=O)(=O)N2Cc3ccccc3C[C@H]2C(=O)[O-])cc1OC. The van der Waals surface area contributed by atoms with E-state index in [0.29, 0.717) is 5.75 Å². The summed E-state index contributed by atoms with van der Waals surface area (Å²) in [5.41, 5.74) is 1.58. The van der Waals surface area contributed by atoms with Gasteiger partial charge in [0.25, 0.3) is 0 Å². The fourth-order valence-electron chi connectivity index (χ4n) is 3.06. The van der Waals surface area contributed by atoms with E-state index in [-0.39, 0.29) is 23.6 Å². The van der Waals surface area contributed by atoms with Crippen molar-refractivity contribution in [1.29, 1.82) is 0 Å². The molecule has 3 rings (SSSR count). The van der Waals surface area contributed by atoms with Crippen LogP contribution in [0.3, 0.4) is 0 Å². The number of rotatable bonds is 5. The zero-order valence-corrected chi connectivity index (χ0v) is 15.2. The average Bonchev–Trinajstić information content (AvgIpc) is 2.66. The molecule has 26 heavy (non-hydrogen) atoms. The largest absolute Gasteiger partial charge is 0.548 e. The minimum Gasteiger partial charge on any atom is -0.548 e. The van der Waals surface area contributed by atoms with Crippen LogP contribution in [0.15, 0.2) is 47.4 Å². The van der Waals surface area contributed by atoms with Crippen molar-refractivity contribution in [3.63, 3.8) is 0 Å². The van der Waals surface area contributed by atoms with Crippen molar-refractivity contribution in [3.8, 4) is 11.5 Å². The monoisotopic (exact) mass is 376 g/mol. The van der Waals surface area contributed by atoms with Crippen LogP contribution in [0.1, 0.15) is 11.1 Å². The number of hydrogen-bond acceptors (Lipinski definition) is 6. The van der Waals surface area contributed by atoms with Crippen molar-refractivity contribution in [2.24, 2.45) is 0 Å². The summed E-state index contributed by atoms with van der Waals surface area (Å²) in [6, 6.07) is 10.1. The highest BCUT2D eigenvalue weighted by atomic mass is 32.2. The first kappa shape index (κ1) is 18.2. The van der Waals surface area contributed by atoms with E-state index in [1.54, 1.807) is 24.3 Å². The van der Waals surface area contributed by atoms with Gasteiger partial charge in [0.2, 0.25) is 10.0 Å². The maximum Gasteiger partial charge on any atom is 0.244 e. The smallest absolute Gasteiger partial charge is 0.244 e. The zero-order chi connectivity index (χ0) is 18.9. The lowest BCUT2D eigenvalue weighted by molar-refractivity contribution is -0.310. The fourth-order valence-corrected chi connectivity index (χ4v) is 4.64. The molecule has 0 unspecified atom stereocenters. The third-order valence-corrected chi connectivity index (χ3v) is 6.29. The fraction of sp³-hybridized carbons (Fsp3) is 0.278. The summed E-state index contributed by atoms with van der Waals surface area (Å²) in [7, 11) is -1.24. The van der Waals surface area contributed by atoms with Crippen LogP contribution in [0.5, 0.6) is 11.5 Å². The van der Waals surface area contributed by atoms with Gasteiger partial charge in [0, 0.05) is 12.6 Å². The molecule has 0 saturated carbocycles. The van der Waals surface area contributed by atoms with Crippen LogP contribution < -0.4 is 14.6 Å². The van der Waals surface area contributed by atoms with E-state index in [4.69, 9.17) is 9.47 Å². The lowest BCUT2D eigenvalue weighted by Crippen LogP contribution is -2.53. The van der Waals surface area contributed by atoms with Gasteiger partial charge in [0.05, 0.1) is 31.1 Å². The van der Waals surface area contributed by atoms with E-state index in [0.717, 1.165) is 15.4 Å². The molecule has 0 aliphatic carbocycles. The van der Waals surface area contributed by atoms with E-state index in [1.165, 1.54) is 32.4 Å². The Morgan fingerprint density at radius 1 is 1.08 bits per heavy atom. The van der Waals surface area contributed by atoms with Crippen LogP contribution in [0, 0.1) is 0 Å². The maximum absolute atomic E-state index is 13.1. The molecule has 1 aliphatic rings. The topological polar surface area (TPSA) is 96.0 Å². The van der Waals surface area contributed by atoms with Gasteiger partial charge in [0.15, 0.2) is 11.5 Å². The Kier molecular flexibility index (Phi) is 4.88. The molecule has 2 aromatic carbocycles. The van der Waals surface area contributed by atoms with E-state index >= 15 is 0 Å². The van der Waals surface area contributed by atoms with E-state index in [1.807, 2.05) is 0 Å². The Morgan fingerprint density at radius 2 is 1.73 bits per heavy atom. The molecule has 8 heteroatoms. The second-order valence-electron chi connectivity index (χ2n) is 5.87. The number of carbonyl (C=O) groups excluding carboxylic acids is 1. The highest BCUT2D eigenvalue weighted by Gasteiger charge is 2.36. The van der Waals surface area contributed by atoms with Crippen molar-refractivity contribution in [2.45, 2.75) is 23.9 Å². The van der Waals surface area contributed by atoms with Gasteiger partial charge in [-0.3, -0.25) is 0 Å². The van der Waals surface area contributed by atoms with Gasteiger partial charge in [-0.1, -0.05) is 24.3 Å². The molecule has 2 aromatic rings. The molecular weight excluding hydrogens is 358 g/mol. The van der Waals surface area contributed by atoms with E-state index in [2.05, 4.69) is 0 Å². The predicted molar refractivity (Wildman–Crippen MR) is 91.2 cm³/mol. The lowest BCUT2D eigenvalue weighted by Gasteiger charge is -2.36. The number of sulfonamides is 1. The second kappa shape index (κ2) is 6.97. The van der Waals surface area contributed by atoms with Crippen LogP contribution >= 0.6 is 0 Å². The molecule has 0 N–H and O–H groups in total. The predicted octanol–water partition coefficient (Wildman–Crippen LogP) is 0.569. The summed E-state index contributed by atoms with van der Waals surface area (Å²) in [5, 5.41) is 11.6. The summed E-state index contributed by atoms with van der Waals surface area (Å²) in [5.74, 6) is -0.800. The molecule has 1 aliphatic heterocycles. The first-order valence-corrected chi connectivity index (χ1v) is 9.34. The quantitative estimate of drug-likeness (QED) is 0.757. The van der Waals surface area contributed by atoms with Crippen molar-refractivity contribution in [1.82, 2.24) is 4.31 Å². The standard InChI is InChI=1S/C18H19NO6S/c1-24-16-8-7-14(10-17(16)25-2)26(22,23)19-11-13-6-4-3-5-12(13)9-15(19)18(20)21/h3-8,10,15H,9,11H2,1-2H3,(H,20,21)/p-1/t15-/m0/s1. The first-order valence-electron chi connectivity index (χ1n) is 7.90. The van der Waals surface area contributed by atoms with Crippen molar-refractivity contribution < 1.29 is 27.8 Å². The van der Waals surface area contributed by atoms with Crippen molar-refractivity contribution in [2.75, 3.05) is 14.2 Å². The number of methoxy groups -OCH3 is 2. The third kappa shape index (κ3) is 3.13. The second-order valence-corrected chi connectivity index (χ2v) is 7.77. The summed E-state index contributed by atoms with van der Waals surface area (Å²) in [4.78, 5) is 11.5. The van der Waals surface area contributed by atoms with Gasteiger partial charge in [0.1, 0.15) is 0 Å². The summed E-state index contributed by atoms with van der Waals surface area (Å²) in [6.45, 7) is -0.0362. The highest BCUT2D eigenvalue weighted by Crippen LogP contribution is 2.33. The Bertz CT molecular complexity index is 940. The Morgan fingerprint density at radius 3 is 2.35 bits per heavy atom. The molecule has 138 valence electrons. The summed E-state index contributed by atoms with van der Waals surface area (Å²) >= 11 is 0. The van der Waals surface area contributed by atoms with Crippen LogP contribution in [-0.2, 0) is 27.8 Å². The number of ether oxygens (including phenoxy) is 2. The van der Waals surface area contributed by atoms with Crippen LogP contribution in [0.25, 0.3) is 0 Å². The summed E-state index contributed by atoms with van der Waals surface area (Å²) in [6.07, 6.45) is 0.0605. The van der Waals surface area contributed by atoms with Crippen molar-refractivity contribution >= 4 is 16.0 Å². The average molecular weight is 376 g/mol. The van der Waals surface area contributed by atoms with E-state index in [9.17, 15) is 18.3 Å². The molecule has 0 amide bonds. The molecule has 0 radical (unpaired) electrons. The van der Waals surface area contributed by atoms with Gasteiger partial charge in [-0.05, 0) is 29.7 Å². The number of carboxylic acids is 1. The number of carbonyl (C=O) groups is 1. The van der Waals surface area contributed by atoms with Crippen molar-refractivity contribution in [3.05, 3.63) is 53.6 Å². The normalized spacial score (nSPS) is 17.4. The third-order valence-electron chi connectivity index (χ3n) is 4.44. The maximum atomic E-state index is 13.1. The molecule has 0 saturated heterocycles. The van der Waals surface area contributed by atoms with Gasteiger partial charge in [-0.25, -0.2) is 8.42 Å². The van der Waals surface area contributed by atoms with Gasteiger partial charge >= 0.3 is 0 Å². The Balaban J connectivity index is 2.06. The van der Waals surface area contributed by atoms with Gasteiger partial charge in [-0.2, -0.15) is 4.31 Å². The van der Waals surface area contributed by atoms with Gasteiger partial charge < -0.3 is 19.4 Å². The summed E-state index contributed by atoms with van der Waals surface area (Å²) < 4.78 is 37.5. The molecule has 1 heterocycles. The zero-order valence-electron chi connectivity index (χ0n) is 14.3. The number of hydrogen-bond donors (Lipinski definition) is 0. The highest BCUT2D eigenvalue weighted by molar-refractivity contribution is 7.89. The lowest BCUT2D eigenvalue weighted by atomic mass is 9.96. The Labute approximate surface area is 151 Å². The molecule has 0 spiro atoms. The Hall–Kier alpha value is -2.58. The minimum absolute atomic E-state index is 0.0362. The van der Waals surface area contributed by atoms with Gasteiger partial charge in [-0.15, -0.1) is 0 Å².